The second-order valence-electron chi connectivity index (χ2n) is 8.52. The van der Waals surface area contributed by atoms with Gasteiger partial charge in [-0.3, -0.25) is 14.4 Å². The van der Waals surface area contributed by atoms with Crippen LogP contribution in [0.5, 0.6) is 0 Å². The van der Waals surface area contributed by atoms with E-state index in [1.807, 2.05) is 37.3 Å². The monoisotopic (exact) mass is 444 g/mol. The molecular weight excluding hydrogens is 416 g/mol. The average molecular weight is 445 g/mol. The van der Waals surface area contributed by atoms with Gasteiger partial charge in [-0.05, 0) is 48.9 Å². The van der Waals surface area contributed by atoms with Gasteiger partial charge < -0.3 is 10.2 Å². The molecule has 0 bridgehead atoms. The van der Waals surface area contributed by atoms with E-state index in [1.165, 1.54) is 12.1 Å². The van der Waals surface area contributed by atoms with Crippen molar-refractivity contribution in [1.29, 1.82) is 0 Å². The molecule has 1 aliphatic rings. The summed E-state index contributed by atoms with van der Waals surface area (Å²) in [7, 11) is 0. The maximum absolute atomic E-state index is 13.3. The number of aromatic amines is 1. The summed E-state index contributed by atoms with van der Waals surface area (Å²) in [5.41, 5.74) is 2.35. The molecular formula is C26H28N4O3. The maximum atomic E-state index is 13.3. The predicted octanol–water partition coefficient (Wildman–Crippen LogP) is 3.04. The number of H-pyrrole nitrogens is 1. The highest BCUT2D eigenvalue weighted by atomic mass is 16.2. The molecule has 1 atom stereocenters. The Morgan fingerprint density at radius 1 is 1.06 bits per heavy atom. The van der Waals surface area contributed by atoms with Crippen LogP contribution >= 0.6 is 0 Å². The molecule has 2 aromatic carbocycles. The molecule has 2 N–H and O–H groups in total. The highest BCUT2D eigenvalue weighted by Gasteiger charge is 2.43. The molecule has 4 rings (SSSR count). The van der Waals surface area contributed by atoms with Crippen LogP contribution in [0.2, 0.25) is 0 Å². The van der Waals surface area contributed by atoms with E-state index in [0.717, 1.165) is 16.7 Å². The number of piperidine rings is 1. The zero-order chi connectivity index (χ0) is 23.3. The van der Waals surface area contributed by atoms with Crippen molar-refractivity contribution in [3.8, 4) is 11.1 Å². The largest absolute Gasteiger partial charge is 0.356 e. The van der Waals surface area contributed by atoms with Crippen LogP contribution in [0.25, 0.3) is 11.1 Å². The second kappa shape index (κ2) is 9.81. The molecule has 0 unspecified atom stereocenters. The van der Waals surface area contributed by atoms with Crippen molar-refractivity contribution in [3.05, 3.63) is 88.3 Å². The first-order chi connectivity index (χ1) is 16.0. The molecule has 1 fully saturated rings. The zero-order valence-corrected chi connectivity index (χ0v) is 18.7. The van der Waals surface area contributed by atoms with Crippen LogP contribution in [-0.2, 0) is 11.2 Å². The van der Waals surface area contributed by atoms with Crippen molar-refractivity contribution in [2.75, 3.05) is 19.6 Å². The van der Waals surface area contributed by atoms with Gasteiger partial charge in [0.15, 0.2) is 0 Å². The molecule has 3 aromatic rings. The van der Waals surface area contributed by atoms with Crippen molar-refractivity contribution in [3.63, 3.8) is 0 Å². The van der Waals surface area contributed by atoms with Gasteiger partial charge in [-0.1, -0.05) is 54.6 Å². The van der Waals surface area contributed by atoms with Crippen LogP contribution in [0, 0.1) is 5.41 Å². The van der Waals surface area contributed by atoms with E-state index in [0.29, 0.717) is 38.9 Å². The Kier molecular flexibility index (Phi) is 6.68. The Morgan fingerprint density at radius 2 is 1.85 bits per heavy atom. The minimum Gasteiger partial charge on any atom is -0.356 e. The molecule has 0 aliphatic carbocycles. The van der Waals surface area contributed by atoms with Crippen molar-refractivity contribution in [1.82, 2.24) is 20.4 Å². The molecule has 0 saturated carbocycles. The fraction of sp³-hybridized carbons (Fsp3) is 0.308. The summed E-state index contributed by atoms with van der Waals surface area (Å²) < 4.78 is 0. The normalized spacial score (nSPS) is 18.0. The van der Waals surface area contributed by atoms with E-state index < -0.39 is 5.41 Å². The first kappa shape index (κ1) is 22.5. The van der Waals surface area contributed by atoms with E-state index in [1.54, 1.807) is 4.90 Å². The summed E-state index contributed by atoms with van der Waals surface area (Å²) in [6, 6.07) is 21.1. The molecule has 170 valence electrons. The first-order valence-electron chi connectivity index (χ1n) is 11.3. The van der Waals surface area contributed by atoms with Crippen molar-refractivity contribution in [2.45, 2.75) is 26.2 Å². The SMILES string of the molecule is CCNC(=O)[C@]1(Cc2cccc(-c3ccccc3)c2)CCCN(C(=O)c2ccc(=O)[nH]n2)C1. The molecule has 7 nitrogen and oxygen atoms in total. The molecule has 0 radical (unpaired) electrons. The Hall–Kier alpha value is -3.74. The van der Waals surface area contributed by atoms with Crippen molar-refractivity contribution < 1.29 is 9.59 Å². The minimum atomic E-state index is -0.735. The third-order valence-electron chi connectivity index (χ3n) is 6.16. The van der Waals surface area contributed by atoms with Gasteiger partial charge in [0.05, 0.1) is 5.41 Å². The van der Waals surface area contributed by atoms with Crippen LogP contribution < -0.4 is 10.9 Å². The number of rotatable bonds is 6. The second-order valence-corrected chi connectivity index (χ2v) is 8.52. The minimum absolute atomic E-state index is 0.0398. The van der Waals surface area contributed by atoms with Gasteiger partial charge in [0, 0.05) is 25.7 Å². The van der Waals surface area contributed by atoms with Gasteiger partial charge in [-0.2, -0.15) is 5.10 Å². The number of benzene rings is 2. The molecule has 1 aromatic heterocycles. The smallest absolute Gasteiger partial charge is 0.274 e. The number of carbonyl (C=O) groups is 2. The van der Waals surface area contributed by atoms with Crippen LogP contribution in [0.3, 0.4) is 0 Å². The number of aromatic nitrogens is 2. The van der Waals surface area contributed by atoms with Gasteiger partial charge in [0.25, 0.3) is 11.5 Å². The van der Waals surface area contributed by atoms with E-state index in [2.05, 4.69) is 39.8 Å². The third-order valence-corrected chi connectivity index (χ3v) is 6.16. The first-order valence-corrected chi connectivity index (χ1v) is 11.3. The van der Waals surface area contributed by atoms with Crippen LogP contribution in [0.1, 0.15) is 35.8 Å². The fourth-order valence-corrected chi connectivity index (χ4v) is 4.57. The lowest BCUT2D eigenvalue weighted by molar-refractivity contribution is -0.133. The van der Waals surface area contributed by atoms with E-state index in [-0.39, 0.29) is 23.1 Å². The average Bonchev–Trinajstić information content (AvgIpc) is 2.85. The number of likely N-dealkylation sites (tertiary alicyclic amines) is 1. The third kappa shape index (κ3) is 5.03. The molecule has 1 aliphatic heterocycles. The predicted molar refractivity (Wildman–Crippen MR) is 127 cm³/mol. The Balaban J connectivity index is 1.62. The number of amides is 2. The van der Waals surface area contributed by atoms with Gasteiger partial charge in [0.1, 0.15) is 5.69 Å². The molecule has 1 saturated heterocycles. The quantitative estimate of drug-likeness (QED) is 0.611. The van der Waals surface area contributed by atoms with E-state index >= 15 is 0 Å². The van der Waals surface area contributed by atoms with Crippen LogP contribution in [0.4, 0.5) is 0 Å². The number of hydrogen-bond acceptors (Lipinski definition) is 4. The lowest BCUT2D eigenvalue weighted by Crippen LogP contribution is -2.54. The van der Waals surface area contributed by atoms with E-state index in [4.69, 9.17) is 0 Å². The number of nitrogens with zero attached hydrogens (tertiary/aromatic N) is 2. The van der Waals surface area contributed by atoms with E-state index in [9.17, 15) is 14.4 Å². The van der Waals surface area contributed by atoms with Gasteiger partial charge >= 0.3 is 0 Å². The van der Waals surface area contributed by atoms with Crippen LogP contribution in [-0.4, -0.2) is 46.5 Å². The van der Waals surface area contributed by atoms with Crippen LogP contribution in [0.15, 0.2) is 71.5 Å². The molecule has 2 heterocycles. The zero-order valence-electron chi connectivity index (χ0n) is 18.7. The molecule has 33 heavy (non-hydrogen) atoms. The van der Waals surface area contributed by atoms with Gasteiger partial charge in [0.2, 0.25) is 5.91 Å². The Morgan fingerprint density at radius 3 is 2.58 bits per heavy atom. The fourth-order valence-electron chi connectivity index (χ4n) is 4.57. The van der Waals surface area contributed by atoms with Gasteiger partial charge in [-0.25, -0.2) is 5.10 Å². The number of nitrogens with one attached hydrogen (secondary N) is 2. The molecule has 0 spiro atoms. The lowest BCUT2D eigenvalue weighted by atomic mass is 9.74. The number of carbonyl (C=O) groups excluding carboxylic acids is 2. The summed E-state index contributed by atoms with van der Waals surface area (Å²) >= 11 is 0. The highest BCUT2D eigenvalue weighted by Crippen LogP contribution is 2.35. The number of hydrogen-bond donors (Lipinski definition) is 2. The summed E-state index contributed by atoms with van der Waals surface area (Å²) in [6.45, 7) is 3.27. The summed E-state index contributed by atoms with van der Waals surface area (Å²) in [4.78, 5) is 39.4. The summed E-state index contributed by atoms with van der Waals surface area (Å²) in [6.07, 6.45) is 1.93. The maximum Gasteiger partial charge on any atom is 0.274 e. The Bertz CT molecular complexity index is 1170. The topological polar surface area (TPSA) is 95.2 Å². The standard InChI is InChI=1S/C26H28N4O3/c1-2-27-25(33)26(17-19-8-6-11-21(16-19)20-9-4-3-5-10-20)14-7-15-30(18-26)24(32)22-12-13-23(31)29-28-22/h3-6,8-13,16H,2,7,14-15,17-18H2,1H3,(H,27,33)(H,29,31)/t26-/m0/s1. The lowest BCUT2D eigenvalue weighted by Gasteiger charge is -2.41. The Labute approximate surface area is 192 Å². The summed E-state index contributed by atoms with van der Waals surface area (Å²) in [5, 5.41) is 9.18. The molecule has 7 heteroatoms. The van der Waals surface area contributed by atoms with Gasteiger partial charge in [-0.15, -0.1) is 0 Å². The molecule has 2 amide bonds. The van der Waals surface area contributed by atoms with Crippen molar-refractivity contribution >= 4 is 11.8 Å². The van der Waals surface area contributed by atoms with Crippen molar-refractivity contribution in [2.24, 2.45) is 5.41 Å². The summed E-state index contributed by atoms with van der Waals surface area (Å²) in [5.74, 6) is -0.320. The highest BCUT2D eigenvalue weighted by molar-refractivity contribution is 5.93.